The molecule has 0 aliphatic rings. The van der Waals surface area contributed by atoms with Gasteiger partial charge in [-0.15, -0.1) is 0 Å². The van der Waals surface area contributed by atoms with Gasteiger partial charge >= 0.3 is 0 Å². The predicted octanol–water partition coefficient (Wildman–Crippen LogP) is 2.16. The van der Waals surface area contributed by atoms with Crippen LogP contribution >= 0.6 is 0 Å². The van der Waals surface area contributed by atoms with Crippen molar-refractivity contribution in [3.8, 4) is 0 Å². The third-order valence-electron chi connectivity index (χ3n) is 3.27. The van der Waals surface area contributed by atoms with E-state index in [-0.39, 0.29) is 6.61 Å². The fourth-order valence-electron chi connectivity index (χ4n) is 2.36. The Morgan fingerprint density at radius 3 is 2.81 bits per heavy atom. The van der Waals surface area contributed by atoms with Crippen LogP contribution in [0.1, 0.15) is 31.4 Å². The highest BCUT2D eigenvalue weighted by molar-refractivity contribution is 5.75. The molecule has 0 amide bonds. The summed E-state index contributed by atoms with van der Waals surface area (Å²) in [7, 11) is 0. The number of hydrogen-bond donors (Lipinski definition) is 1. The lowest BCUT2D eigenvalue weighted by Crippen LogP contribution is -2.05. The summed E-state index contributed by atoms with van der Waals surface area (Å²) in [5.74, 6) is 2.33. The fourth-order valence-corrected chi connectivity index (χ4v) is 2.36. The van der Waals surface area contributed by atoms with Gasteiger partial charge in [0.05, 0.1) is 11.0 Å². The second kappa shape index (κ2) is 5.65. The first-order valence-electron chi connectivity index (χ1n) is 7.04. The normalized spacial score (nSPS) is 11.6. The average Bonchev–Trinajstić information content (AvgIpc) is 3.04. The van der Waals surface area contributed by atoms with E-state index in [4.69, 9.17) is 4.52 Å². The van der Waals surface area contributed by atoms with E-state index >= 15 is 0 Å². The maximum absolute atomic E-state index is 9.47. The van der Waals surface area contributed by atoms with Crippen LogP contribution in [0.15, 0.2) is 28.8 Å². The maximum atomic E-state index is 9.47. The highest BCUT2D eigenvalue weighted by Crippen LogP contribution is 2.17. The van der Waals surface area contributed by atoms with E-state index in [1.54, 1.807) is 0 Å². The quantitative estimate of drug-likeness (QED) is 0.777. The maximum Gasteiger partial charge on any atom is 0.246 e. The van der Waals surface area contributed by atoms with Crippen molar-refractivity contribution < 1.29 is 9.63 Å². The highest BCUT2D eigenvalue weighted by Gasteiger charge is 2.14. The SMILES string of the molecule is CC(C)Cc1noc(Cn2c(CO)nc3ccccc32)n1. The lowest BCUT2D eigenvalue weighted by Gasteiger charge is -2.03. The smallest absolute Gasteiger partial charge is 0.246 e. The molecule has 1 aromatic carbocycles. The van der Waals surface area contributed by atoms with Crippen LogP contribution in [0.3, 0.4) is 0 Å². The van der Waals surface area contributed by atoms with E-state index in [0.29, 0.717) is 24.2 Å². The lowest BCUT2D eigenvalue weighted by atomic mass is 10.1. The number of aliphatic hydroxyl groups is 1. The molecule has 21 heavy (non-hydrogen) atoms. The Kier molecular flexibility index (Phi) is 3.70. The van der Waals surface area contributed by atoms with Gasteiger partial charge < -0.3 is 14.2 Å². The minimum atomic E-state index is -0.123. The van der Waals surface area contributed by atoms with Crippen LogP contribution in [0.5, 0.6) is 0 Å². The molecule has 0 fully saturated rings. The van der Waals surface area contributed by atoms with Crippen LogP contribution in [0.25, 0.3) is 11.0 Å². The zero-order chi connectivity index (χ0) is 14.8. The zero-order valence-electron chi connectivity index (χ0n) is 12.2. The summed E-state index contributed by atoms with van der Waals surface area (Å²) in [5.41, 5.74) is 1.80. The van der Waals surface area contributed by atoms with Crippen LogP contribution in [0, 0.1) is 5.92 Å². The van der Waals surface area contributed by atoms with Crippen LogP contribution in [-0.2, 0) is 19.6 Å². The van der Waals surface area contributed by atoms with Crippen molar-refractivity contribution in [1.82, 2.24) is 19.7 Å². The Morgan fingerprint density at radius 1 is 1.24 bits per heavy atom. The molecule has 6 heteroatoms. The van der Waals surface area contributed by atoms with E-state index < -0.39 is 0 Å². The van der Waals surface area contributed by atoms with E-state index in [0.717, 1.165) is 23.3 Å². The van der Waals surface area contributed by atoms with Crippen molar-refractivity contribution >= 4 is 11.0 Å². The molecule has 0 saturated carbocycles. The molecule has 0 unspecified atom stereocenters. The molecule has 0 saturated heterocycles. The second-order valence-electron chi connectivity index (χ2n) is 5.46. The molecule has 6 nitrogen and oxygen atoms in total. The third kappa shape index (κ3) is 2.80. The number of imidazole rings is 1. The molecule has 2 aromatic heterocycles. The van der Waals surface area contributed by atoms with E-state index in [1.807, 2.05) is 28.8 Å². The topological polar surface area (TPSA) is 77.0 Å². The van der Waals surface area contributed by atoms with E-state index in [1.165, 1.54) is 0 Å². The van der Waals surface area contributed by atoms with Gasteiger partial charge in [0.1, 0.15) is 19.0 Å². The molecule has 0 bridgehead atoms. The van der Waals surface area contributed by atoms with Crippen molar-refractivity contribution in [2.24, 2.45) is 5.92 Å². The number of aliphatic hydroxyl groups excluding tert-OH is 1. The summed E-state index contributed by atoms with van der Waals surface area (Å²) in [4.78, 5) is 8.81. The van der Waals surface area contributed by atoms with Gasteiger partial charge in [0.25, 0.3) is 0 Å². The minimum Gasteiger partial charge on any atom is -0.388 e. The van der Waals surface area contributed by atoms with Crippen molar-refractivity contribution in [1.29, 1.82) is 0 Å². The lowest BCUT2D eigenvalue weighted by molar-refractivity contribution is 0.264. The van der Waals surface area contributed by atoms with Crippen molar-refractivity contribution in [2.75, 3.05) is 0 Å². The van der Waals surface area contributed by atoms with Gasteiger partial charge in [-0.05, 0) is 18.1 Å². The monoisotopic (exact) mass is 286 g/mol. The highest BCUT2D eigenvalue weighted by atomic mass is 16.5. The standard InChI is InChI=1S/C15H18N4O2/c1-10(2)7-13-17-15(21-18-13)8-19-12-6-4-3-5-11(12)16-14(19)9-20/h3-6,10,20H,7-9H2,1-2H3. The predicted molar refractivity (Wildman–Crippen MR) is 77.6 cm³/mol. The number of benzene rings is 1. The van der Waals surface area contributed by atoms with Gasteiger partial charge in [-0.25, -0.2) is 4.98 Å². The third-order valence-corrected chi connectivity index (χ3v) is 3.27. The molecule has 0 radical (unpaired) electrons. The number of rotatable bonds is 5. The van der Waals surface area contributed by atoms with Gasteiger partial charge in [-0.2, -0.15) is 4.98 Å². The van der Waals surface area contributed by atoms with E-state index in [2.05, 4.69) is 29.0 Å². The summed E-state index contributed by atoms with van der Waals surface area (Å²) < 4.78 is 7.20. The first-order valence-corrected chi connectivity index (χ1v) is 7.04. The molecule has 0 aliphatic heterocycles. The van der Waals surface area contributed by atoms with Crippen molar-refractivity contribution in [3.63, 3.8) is 0 Å². The summed E-state index contributed by atoms with van der Waals surface area (Å²) in [6.07, 6.45) is 0.793. The van der Waals surface area contributed by atoms with Crippen LogP contribution in [0.4, 0.5) is 0 Å². The Morgan fingerprint density at radius 2 is 2.05 bits per heavy atom. The van der Waals surface area contributed by atoms with Crippen molar-refractivity contribution in [2.45, 2.75) is 33.4 Å². The van der Waals surface area contributed by atoms with E-state index in [9.17, 15) is 5.11 Å². The molecule has 0 aliphatic carbocycles. The number of aromatic nitrogens is 4. The molecular formula is C15H18N4O2. The summed E-state index contributed by atoms with van der Waals surface area (Å²) in [5, 5.41) is 13.5. The number of nitrogens with zero attached hydrogens (tertiary/aromatic N) is 4. The minimum absolute atomic E-state index is 0.123. The second-order valence-corrected chi connectivity index (χ2v) is 5.46. The molecule has 1 N–H and O–H groups in total. The largest absolute Gasteiger partial charge is 0.388 e. The average molecular weight is 286 g/mol. The van der Waals surface area contributed by atoms with Crippen LogP contribution in [-0.4, -0.2) is 24.8 Å². The number of para-hydroxylation sites is 2. The van der Waals surface area contributed by atoms with Gasteiger partial charge in [0, 0.05) is 6.42 Å². The first-order chi connectivity index (χ1) is 10.2. The summed E-state index contributed by atoms with van der Waals surface area (Å²) in [6.45, 7) is 4.52. The number of hydrogen-bond acceptors (Lipinski definition) is 5. The molecule has 110 valence electrons. The van der Waals surface area contributed by atoms with Crippen LogP contribution < -0.4 is 0 Å². The van der Waals surface area contributed by atoms with Gasteiger partial charge in [0.2, 0.25) is 5.89 Å². The molecular weight excluding hydrogens is 268 g/mol. The van der Waals surface area contributed by atoms with Crippen LogP contribution in [0.2, 0.25) is 0 Å². The van der Waals surface area contributed by atoms with Gasteiger partial charge in [0.15, 0.2) is 5.82 Å². The first kappa shape index (κ1) is 13.8. The molecule has 0 spiro atoms. The zero-order valence-corrected chi connectivity index (χ0v) is 12.2. The Bertz CT molecular complexity index is 745. The molecule has 3 aromatic rings. The van der Waals surface area contributed by atoms with Crippen molar-refractivity contribution in [3.05, 3.63) is 41.8 Å². The molecule has 3 rings (SSSR count). The number of fused-ring (bicyclic) bond motifs is 1. The Balaban J connectivity index is 1.92. The van der Waals surface area contributed by atoms with Gasteiger partial charge in [-0.3, -0.25) is 0 Å². The summed E-state index contributed by atoms with van der Waals surface area (Å²) in [6, 6.07) is 7.75. The molecule has 2 heterocycles. The fraction of sp³-hybridized carbons (Fsp3) is 0.400. The summed E-state index contributed by atoms with van der Waals surface area (Å²) >= 11 is 0. The van der Waals surface area contributed by atoms with Gasteiger partial charge in [-0.1, -0.05) is 31.1 Å². The Hall–Kier alpha value is -2.21. The Labute approximate surface area is 122 Å². The molecule has 0 atom stereocenters.